The van der Waals surface area contributed by atoms with Crippen molar-refractivity contribution in [3.63, 3.8) is 0 Å². The average Bonchev–Trinajstić information content (AvgIpc) is 3.90. The summed E-state index contributed by atoms with van der Waals surface area (Å²) >= 11 is 0. The molecule has 0 fully saturated rings. The van der Waals surface area contributed by atoms with Gasteiger partial charge in [0.2, 0.25) is 11.8 Å². The van der Waals surface area contributed by atoms with Gasteiger partial charge >= 0.3 is 13.2 Å². The topological polar surface area (TPSA) is 283 Å². The first-order valence-corrected chi connectivity index (χ1v) is 20.4. The average molecular weight is 933 g/mol. The smallest absolute Gasteiger partial charge is 0.387 e. The molecule has 0 aliphatic heterocycles. The van der Waals surface area contributed by atoms with Crippen molar-refractivity contribution in [3.05, 3.63) is 120 Å². The molecule has 0 unspecified atom stereocenters. The van der Waals surface area contributed by atoms with E-state index in [1.54, 1.807) is 88.4 Å². The molecule has 2 aromatic heterocycles. The molecule has 8 N–H and O–H groups in total. The van der Waals surface area contributed by atoms with E-state index in [1.165, 1.54) is 36.8 Å². The summed E-state index contributed by atoms with van der Waals surface area (Å²) in [6.07, 6.45) is 2.35. The minimum atomic E-state index is -5.17. The van der Waals surface area contributed by atoms with E-state index in [2.05, 4.69) is 41.5 Å². The van der Waals surface area contributed by atoms with Gasteiger partial charge in [-0.25, -0.2) is 9.97 Å². The number of benzene rings is 4. The number of aromatic nitrogens is 2. The fraction of sp³-hybridized carbons (Fsp3) is 0.238. The van der Waals surface area contributed by atoms with Crippen LogP contribution in [0.3, 0.4) is 0 Å². The van der Waals surface area contributed by atoms with E-state index in [4.69, 9.17) is 35.8 Å². The number of nitrogens with one attached hydrogen (secondary N) is 2. The molecule has 0 spiro atoms. The number of oxazole rings is 2. The van der Waals surface area contributed by atoms with Gasteiger partial charge < -0.3 is 59.0 Å². The Balaban J connectivity index is 0.000000258. The summed E-state index contributed by atoms with van der Waals surface area (Å²) in [5.74, 6) is 0.191. The molecular weight excluding hydrogens is 889 g/mol. The van der Waals surface area contributed by atoms with E-state index in [0.717, 1.165) is 11.4 Å². The molecule has 4 aromatic carbocycles. The van der Waals surface area contributed by atoms with Crippen molar-refractivity contribution in [3.8, 4) is 45.9 Å². The maximum absolute atomic E-state index is 12.6. The lowest BCUT2D eigenvalue weighted by atomic mass is 10.2. The molecule has 348 valence electrons. The summed E-state index contributed by atoms with van der Waals surface area (Å²) < 4.78 is 116. The number of carbonyl (C=O) groups is 2. The molecular formula is C42H44F4N6O12S. The highest BCUT2D eigenvalue weighted by Crippen LogP contribution is 2.35. The lowest BCUT2D eigenvalue weighted by Gasteiger charge is -2.15. The second kappa shape index (κ2) is 23.6. The third-order valence-electron chi connectivity index (χ3n) is 7.93. The van der Waals surface area contributed by atoms with Gasteiger partial charge in [-0.3, -0.25) is 18.0 Å². The molecule has 0 bridgehead atoms. The number of hydrogen-bond acceptors (Lipinski definition) is 14. The van der Waals surface area contributed by atoms with Crippen LogP contribution in [-0.2, 0) is 23.5 Å². The van der Waals surface area contributed by atoms with E-state index >= 15 is 0 Å². The Morgan fingerprint density at radius 2 is 0.938 bits per heavy atom. The monoisotopic (exact) mass is 932 g/mol. The lowest BCUT2D eigenvalue weighted by Crippen LogP contribution is -2.40. The molecule has 2 amide bonds. The number of quaternary nitrogens is 2. The van der Waals surface area contributed by atoms with Crippen molar-refractivity contribution in [2.45, 2.75) is 66.2 Å². The number of carbonyl (C=O) groups excluding carboxylic acids is 2. The number of hydrogen-bond donors (Lipinski definition) is 4. The molecule has 23 heteroatoms. The summed E-state index contributed by atoms with van der Waals surface area (Å²) in [5, 5.41) is 5.52. The zero-order valence-electron chi connectivity index (χ0n) is 35.1. The van der Waals surface area contributed by atoms with Crippen LogP contribution in [-0.4, -0.2) is 64.7 Å². The van der Waals surface area contributed by atoms with Gasteiger partial charge in [0.05, 0.1) is 36.7 Å². The standard InChI is InChI=1S/2C21H21F2N3O4.H2O4S/c2*1-12(2)29-18-9-14(5-8-17(18)30-21(22)23)20-26-16(11-28-20)10-25-19(27)13-3-6-15(24)7-4-13;1-5(2,3)4/h2*3-9,11-12,21H,10,24H2,1-2H3,(H,25,27);(H2,1,2,3,4). The van der Waals surface area contributed by atoms with Crippen LogP contribution >= 0.6 is 0 Å². The largest absolute Gasteiger partial charge is 0.759 e. The van der Waals surface area contributed by atoms with Crippen molar-refractivity contribution in [2.75, 3.05) is 0 Å². The van der Waals surface area contributed by atoms with E-state index in [9.17, 15) is 27.2 Å². The Morgan fingerprint density at radius 3 is 1.25 bits per heavy atom. The lowest BCUT2D eigenvalue weighted by molar-refractivity contribution is -0.255. The zero-order chi connectivity index (χ0) is 47.8. The Labute approximate surface area is 369 Å². The summed E-state index contributed by atoms with van der Waals surface area (Å²) in [6.45, 7) is 1.49. The number of ether oxygens (including phenoxy) is 4. The van der Waals surface area contributed by atoms with Crippen LogP contribution in [0.4, 0.5) is 28.9 Å². The molecule has 6 aromatic rings. The zero-order valence-corrected chi connectivity index (χ0v) is 35.9. The molecule has 0 saturated heterocycles. The molecule has 65 heavy (non-hydrogen) atoms. The Hall–Kier alpha value is -7.05. The molecule has 0 saturated carbocycles. The fourth-order valence-electron chi connectivity index (χ4n) is 5.26. The first-order valence-electron chi connectivity index (χ1n) is 19.1. The van der Waals surface area contributed by atoms with Crippen molar-refractivity contribution in [2.24, 2.45) is 0 Å². The van der Waals surface area contributed by atoms with Crippen LogP contribution in [0.15, 0.2) is 106 Å². The van der Waals surface area contributed by atoms with Gasteiger partial charge in [0.1, 0.15) is 23.9 Å². The van der Waals surface area contributed by atoms with E-state index in [1.807, 2.05) is 0 Å². The van der Waals surface area contributed by atoms with E-state index in [0.29, 0.717) is 33.6 Å². The molecule has 18 nitrogen and oxygen atoms in total. The second-order valence-electron chi connectivity index (χ2n) is 13.9. The van der Waals surface area contributed by atoms with Gasteiger partial charge in [-0.1, -0.05) is 0 Å². The van der Waals surface area contributed by atoms with Gasteiger partial charge in [0.15, 0.2) is 23.0 Å². The molecule has 6 rings (SSSR count). The molecule has 0 radical (unpaired) electrons. The predicted molar refractivity (Wildman–Crippen MR) is 219 cm³/mol. The Bertz CT molecular complexity index is 2420. The number of nitrogens with zero attached hydrogens (tertiary/aromatic N) is 2. The van der Waals surface area contributed by atoms with Crippen LogP contribution in [0.2, 0.25) is 0 Å². The van der Waals surface area contributed by atoms with Gasteiger partial charge in [-0.2, -0.15) is 17.6 Å². The maximum Gasteiger partial charge on any atom is 0.387 e. The van der Waals surface area contributed by atoms with Gasteiger partial charge in [0, 0.05) is 32.7 Å². The molecule has 2 heterocycles. The van der Waals surface area contributed by atoms with Crippen LogP contribution in [0.25, 0.3) is 22.9 Å². The number of alkyl halides is 4. The Kier molecular flexibility index (Phi) is 18.4. The SMILES string of the molecule is CC(C)Oc1cc(-c2nc(CNC(=O)c3ccc([NH3+])cc3)co2)ccc1OC(F)F.CC(C)Oc1cc(-c2nc(CNC(=O)c3ccc([NH3+])cc3)co2)ccc1OC(F)F.O=S(=O)([O-])[O-]. The number of rotatable bonds is 16. The molecule has 0 aliphatic carbocycles. The quantitative estimate of drug-likeness (QED) is 0.0513. The third kappa shape index (κ3) is 17.6. The van der Waals surface area contributed by atoms with Crippen molar-refractivity contribution >= 4 is 33.6 Å². The number of amides is 2. The van der Waals surface area contributed by atoms with Crippen molar-refractivity contribution in [1.82, 2.24) is 20.6 Å². The Morgan fingerprint density at radius 1 is 0.600 bits per heavy atom. The van der Waals surface area contributed by atoms with Crippen molar-refractivity contribution < 1.29 is 83.9 Å². The van der Waals surface area contributed by atoms with Crippen molar-refractivity contribution in [1.29, 1.82) is 0 Å². The van der Waals surface area contributed by atoms with Gasteiger partial charge in [-0.15, -0.1) is 0 Å². The van der Waals surface area contributed by atoms with Gasteiger partial charge in [-0.05, 0) is 113 Å². The highest BCUT2D eigenvalue weighted by atomic mass is 32.3. The van der Waals surface area contributed by atoms with E-state index in [-0.39, 0.29) is 71.9 Å². The maximum atomic E-state index is 12.6. The number of halogens is 4. The second-order valence-corrected chi connectivity index (χ2v) is 14.7. The van der Waals surface area contributed by atoms with Crippen LogP contribution in [0.1, 0.15) is 59.8 Å². The van der Waals surface area contributed by atoms with Crippen LogP contribution < -0.4 is 41.0 Å². The highest BCUT2D eigenvalue weighted by Gasteiger charge is 2.18. The highest BCUT2D eigenvalue weighted by molar-refractivity contribution is 7.79. The summed E-state index contributed by atoms with van der Waals surface area (Å²) in [6, 6.07) is 22.6. The van der Waals surface area contributed by atoms with Gasteiger partial charge in [0.25, 0.3) is 11.8 Å². The van der Waals surface area contributed by atoms with E-state index < -0.39 is 23.6 Å². The summed E-state index contributed by atoms with van der Waals surface area (Å²) in [4.78, 5) is 33.1. The minimum absolute atomic E-state index is 0.0743. The third-order valence-corrected chi connectivity index (χ3v) is 7.93. The van der Waals surface area contributed by atoms with Crippen LogP contribution in [0.5, 0.6) is 23.0 Å². The normalized spacial score (nSPS) is 11.1. The summed E-state index contributed by atoms with van der Waals surface area (Å²) in [5.41, 5.74) is 12.3. The first-order chi connectivity index (χ1) is 30.6. The molecule has 0 aliphatic rings. The fourth-order valence-corrected chi connectivity index (χ4v) is 5.26. The first kappa shape index (κ1) is 50.6. The van der Waals surface area contributed by atoms with Crippen LogP contribution in [0, 0.1) is 0 Å². The molecule has 0 atom stereocenters. The summed E-state index contributed by atoms with van der Waals surface area (Å²) in [7, 11) is -5.17. The minimum Gasteiger partial charge on any atom is -0.759 e. The predicted octanol–water partition coefficient (Wildman–Crippen LogP) is 5.73.